The van der Waals surface area contributed by atoms with Crippen LogP contribution in [0.15, 0.2) is 18.2 Å². The molecule has 0 amide bonds. The number of aryl methyl sites for hydroxylation is 1. The first kappa shape index (κ1) is 11.6. The average molecular weight is 230 g/mol. The van der Waals surface area contributed by atoms with E-state index in [-0.39, 0.29) is 22.6 Å². The summed E-state index contributed by atoms with van der Waals surface area (Å²) in [6.45, 7) is 0. The van der Waals surface area contributed by atoms with Crippen LogP contribution < -0.4 is 5.32 Å². The molecule has 0 bridgehead atoms. The van der Waals surface area contributed by atoms with E-state index in [4.69, 9.17) is 6.42 Å². The van der Waals surface area contributed by atoms with Crippen LogP contribution in [0.3, 0.4) is 0 Å². The lowest BCUT2D eigenvalue weighted by molar-refractivity contribution is -0.384. The molecule has 1 aliphatic rings. The summed E-state index contributed by atoms with van der Waals surface area (Å²) in [5.41, 5.74) is 2.34. The molecule has 17 heavy (non-hydrogen) atoms. The Balaban J connectivity index is 2.39. The maximum absolute atomic E-state index is 10.8. The second-order valence-electron chi connectivity index (χ2n) is 4.22. The molecule has 0 heterocycles. The van der Waals surface area contributed by atoms with Gasteiger partial charge in [0.25, 0.3) is 5.69 Å². The molecule has 0 spiro atoms. The highest BCUT2D eigenvalue weighted by molar-refractivity contribution is 5.45. The van der Waals surface area contributed by atoms with Crippen molar-refractivity contribution in [1.29, 1.82) is 0 Å². The second-order valence-corrected chi connectivity index (χ2v) is 4.22. The van der Waals surface area contributed by atoms with E-state index in [0.29, 0.717) is 0 Å². The van der Waals surface area contributed by atoms with Gasteiger partial charge in [0.1, 0.15) is 0 Å². The van der Waals surface area contributed by atoms with E-state index >= 15 is 0 Å². The number of hydrogen-bond donors (Lipinski definition) is 1. The number of nitro benzene ring substituents is 1. The van der Waals surface area contributed by atoms with Crippen LogP contribution in [0.2, 0.25) is 0 Å². The normalized spacial score (nSPS) is 19.4. The molecule has 0 saturated carbocycles. The molecule has 0 aliphatic heterocycles. The van der Waals surface area contributed by atoms with Crippen molar-refractivity contribution in [3.05, 3.63) is 39.4 Å². The number of nitrogens with zero attached hydrogens (tertiary/aromatic N) is 1. The topological polar surface area (TPSA) is 55.2 Å². The number of nitrogens with one attached hydrogen (secondary N) is 1. The monoisotopic (exact) mass is 230 g/mol. The van der Waals surface area contributed by atoms with Crippen molar-refractivity contribution in [3.63, 3.8) is 0 Å². The maximum Gasteiger partial charge on any atom is 0.269 e. The minimum Gasteiger partial charge on any atom is -0.306 e. The molecule has 2 rings (SSSR count). The highest BCUT2D eigenvalue weighted by Crippen LogP contribution is 2.37. The summed E-state index contributed by atoms with van der Waals surface area (Å²) in [4.78, 5) is 10.4. The lowest BCUT2D eigenvalue weighted by atomic mass is 9.93. The van der Waals surface area contributed by atoms with Gasteiger partial charge in [-0.2, -0.15) is 0 Å². The number of fused-ring (bicyclic) bond motifs is 1. The van der Waals surface area contributed by atoms with Crippen molar-refractivity contribution in [3.8, 4) is 12.3 Å². The van der Waals surface area contributed by atoms with Crippen molar-refractivity contribution in [1.82, 2.24) is 5.32 Å². The van der Waals surface area contributed by atoms with Gasteiger partial charge in [-0.25, -0.2) is 0 Å². The van der Waals surface area contributed by atoms with Gasteiger partial charge in [0, 0.05) is 18.1 Å². The molecule has 4 nitrogen and oxygen atoms in total. The standard InChI is InChI=1S/C13H14N2O2/c1-3-13(14-2)11-7-5-9-4-6-10(15(16)17)8-12(9)11/h1,4,6,8,11,13-14H,5,7H2,2H3. The third-order valence-electron chi connectivity index (χ3n) is 3.36. The number of hydrogen-bond acceptors (Lipinski definition) is 3. The molecule has 88 valence electrons. The quantitative estimate of drug-likeness (QED) is 0.490. The fourth-order valence-corrected chi connectivity index (χ4v) is 2.48. The third-order valence-corrected chi connectivity index (χ3v) is 3.36. The summed E-state index contributed by atoms with van der Waals surface area (Å²) in [5, 5.41) is 13.8. The van der Waals surface area contributed by atoms with E-state index in [1.54, 1.807) is 12.1 Å². The van der Waals surface area contributed by atoms with E-state index in [2.05, 4.69) is 11.2 Å². The lowest BCUT2D eigenvalue weighted by Crippen LogP contribution is -2.29. The Morgan fingerprint density at radius 2 is 2.41 bits per heavy atom. The van der Waals surface area contributed by atoms with Crippen molar-refractivity contribution in [2.75, 3.05) is 7.05 Å². The molecule has 0 saturated heterocycles. The van der Waals surface area contributed by atoms with Crippen LogP contribution in [0.4, 0.5) is 5.69 Å². The van der Waals surface area contributed by atoms with Crippen LogP contribution in [0.1, 0.15) is 23.5 Å². The van der Waals surface area contributed by atoms with Gasteiger partial charge in [0.15, 0.2) is 0 Å². The predicted octanol–water partition coefficient (Wildman–Crippen LogP) is 1.85. The Morgan fingerprint density at radius 3 is 3.00 bits per heavy atom. The van der Waals surface area contributed by atoms with Crippen LogP contribution in [-0.2, 0) is 6.42 Å². The largest absolute Gasteiger partial charge is 0.306 e. The molecule has 2 atom stereocenters. The van der Waals surface area contributed by atoms with E-state index in [0.717, 1.165) is 18.4 Å². The Morgan fingerprint density at radius 1 is 1.65 bits per heavy atom. The van der Waals surface area contributed by atoms with Crippen LogP contribution in [0.5, 0.6) is 0 Å². The lowest BCUT2D eigenvalue weighted by Gasteiger charge is -2.18. The van der Waals surface area contributed by atoms with Crippen LogP contribution in [0.25, 0.3) is 0 Å². The predicted molar refractivity (Wildman–Crippen MR) is 65.8 cm³/mol. The van der Waals surface area contributed by atoms with Crippen LogP contribution in [0, 0.1) is 22.5 Å². The molecular formula is C13H14N2O2. The Hall–Kier alpha value is -1.86. The van der Waals surface area contributed by atoms with Gasteiger partial charge in [-0.15, -0.1) is 6.42 Å². The first-order valence-electron chi connectivity index (χ1n) is 5.58. The summed E-state index contributed by atoms with van der Waals surface area (Å²) in [5.74, 6) is 2.88. The fourth-order valence-electron chi connectivity index (χ4n) is 2.48. The summed E-state index contributed by atoms with van der Waals surface area (Å²) >= 11 is 0. The summed E-state index contributed by atoms with van der Waals surface area (Å²) < 4.78 is 0. The number of non-ortho nitro benzene ring substituents is 1. The third kappa shape index (κ3) is 2.02. The van der Waals surface area contributed by atoms with Crippen molar-refractivity contribution >= 4 is 5.69 Å². The molecule has 1 aromatic carbocycles. The van der Waals surface area contributed by atoms with Gasteiger partial charge in [0.2, 0.25) is 0 Å². The highest BCUT2D eigenvalue weighted by atomic mass is 16.6. The Kier molecular flexibility index (Phi) is 3.12. The maximum atomic E-state index is 10.8. The molecule has 4 heteroatoms. The van der Waals surface area contributed by atoms with Crippen LogP contribution in [-0.4, -0.2) is 18.0 Å². The van der Waals surface area contributed by atoms with Gasteiger partial charge in [-0.1, -0.05) is 12.0 Å². The minimum absolute atomic E-state index is 0.0572. The molecule has 2 unspecified atom stereocenters. The molecular weight excluding hydrogens is 216 g/mol. The van der Waals surface area contributed by atoms with Gasteiger partial charge >= 0.3 is 0 Å². The first-order valence-corrected chi connectivity index (χ1v) is 5.58. The van der Waals surface area contributed by atoms with Gasteiger partial charge in [0.05, 0.1) is 11.0 Å². The number of likely N-dealkylation sites (N-methyl/N-ethyl adjacent to an activating group) is 1. The number of terminal acetylenes is 1. The molecule has 0 radical (unpaired) electrons. The number of nitro groups is 1. The first-order chi connectivity index (χ1) is 8.17. The summed E-state index contributed by atoms with van der Waals surface area (Å²) in [7, 11) is 1.82. The van der Waals surface area contributed by atoms with Crippen molar-refractivity contribution in [2.45, 2.75) is 24.8 Å². The van der Waals surface area contributed by atoms with E-state index in [1.807, 2.05) is 13.1 Å². The van der Waals surface area contributed by atoms with Gasteiger partial charge in [-0.05, 0) is 31.0 Å². The smallest absolute Gasteiger partial charge is 0.269 e. The summed E-state index contributed by atoms with van der Waals surface area (Å²) in [6, 6.07) is 5.01. The van der Waals surface area contributed by atoms with Gasteiger partial charge < -0.3 is 5.32 Å². The van der Waals surface area contributed by atoms with Gasteiger partial charge in [-0.3, -0.25) is 10.1 Å². The zero-order valence-electron chi connectivity index (χ0n) is 9.64. The minimum atomic E-state index is -0.361. The van der Waals surface area contributed by atoms with Crippen LogP contribution >= 0.6 is 0 Å². The molecule has 0 fully saturated rings. The van der Waals surface area contributed by atoms with E-state index in [1.165, 1.54) is 5.56 Å². The Bertz CT molecular complexity index is 491. The van der Waals surface area contributed by atoms with E-state index in [9.17, 15) is 10.1 Å². The fraction of sp³-hybridized carbons (Fsp3) is 0.385. The Labute approximate surface area is 100 Å². The zero-order chi connectivity index (χ0) is 12.4. The number of benzene rings is 1. The van der Waals surface area contributed by atoms with Crippen molar-refractivity contribution < 1.29 is 4.92 Å². The molecule has 1 aromatic rings. The SMILES string of the molecule is C#CC(NC)C1CCc2ccc([N+](=O)[O-])cc21. The average Bonchev–Trinajstić information content (AvgIpc) is 2.74. The molecule has 1 aliphatic carbocycles. The van der Waals surface area contributed by atoms with E-state index < -0.39 is 0 Å². The van der Waals surface area contributed by atoms with Crippen molar-refractivity contribution in [2.24, 2.45) is 0 Å². The summed E-state index contributed by atoms with van der Waals surface area (Å²) in [6.07, 6.45) is 7.36. The molecule has 1 N–H and O–H groups in total. The molecule has 0 aromatic heterocycles. The second kappa shape index (κ2) is 4.56. The zero-order valence-corrected chi connectivity index (χ0v) is 9.64. The highest BCUT2D eigenvalue weighted by Gasteiger charge is 2.29. The number of rotatable bonds is 3.